The first-order chi connectivity index (χ1) is 12.3. The minimum absolute atomic E-state index is 0.0360. The van der Waals surface area contributed by atoms with Crippen LogP contribution < -0.4 is 10.6 Å². The predicted molar refractivity (Wildman–Crippen MR) is 98.2 cm³/mol. The zero-order valence-electron chi connectivity index (χ0n) is 15.1. The lowest BCUT2D eigenvalue weighted by Crippen LogP contribution is -2.51. The van der Waals surface area contributed by atoms with Crippen LogP contribution in [0.2, 0.25) is 0 Å². The van der Waals surface area contributed by atoms with Crippen LogP contribution in [0.1, 0.15) is 50.5 Å². The molecule has 5 nitrogen and oxygen atoms in total. The lowest BCUT2D eigenvalue weighted by atomic mass is 9.93. The summed E-state index contributed by atoms with van der Waals surface area (Å²) >= 11 is 0. The molecule has 2 N–H and O–H groups in total. The van der Waals surface area contributed by atoms with Gasteiger partial charge in [0.2, 0.25) is 20.7 Å². The summed E-state index contributed by atoms with van der Waals surface area (Å²) in [7, 11) is -4.05. The van der Waals surface area contributed by atoms with Crippen molar-refractivity contribution >= 4 is 15.7 Å². The van der Waals surface area contributed by atoms with Crippen molar-refractivity contribution in [3.8, 4) is 0 Å². The van der Waals surface area contributed by atoms with Gasteiger partial charge in [-0.1, -0.05) is 18.6 Å². The summed E-state index contributed by atoms with van der Waals surface area (Å²) in [6.45, 7) is 2.63. The Labute approximate surface area is 154 Å². The summed E-state index contributed by atoms with van der Waals surface area (Å²) < 4.78 is 40.9. The average Bonchev–Trinajstić information content (AvgIpc) is 2.64. The molecule has 1 saturated heterocycles. The molecule has 26 heavy (non-hydrogen) atoms. The van der Waals surface area contributed by atoms with Crippen LogP contribution in [0.4, 0.5) is 4.39 Å². The monoisotopic (exact) mass is 382 g/mol. The van der Waals surface area contributed by atoms with Gasteiger partial charge in [-0.15, -0.1) is 0 Å². The Kier molecular flexibility index (Phi) is 5.67. The number of piperidine rings is 1. The number of sulfone groups is 1. The number of halogens is 1. The van der Waals surface area contributed by atoms with Crippen LogP contribution in [0.5, 0.6) is 0 Å². The Hall–Kier alpha value is -1.47. The topological polar surface area (TPSA) is 75.3 Å². The second kappa shape index (κ2) is 7.64. The first-order valence-electron chi connectivity index (χ1n) is 9.36. The summed E-state index contributed by atoms with van der Waals surface area (Å²) in [4.78, 5) is 12.3. The van der Waals surface area contributed by atoms with Gasteiger partial charge in [0, 0.05) is 6.04 Å². The first-order valence-corrected chi connectivity index (χ1v) is 10.8. The molecule has 2 aliphatic rings. The minimum Gasteiger partial charge on any atom is -0.352 e. The van der Waals surface area contributed by atoms with Crippen LogP contribution in [0.15, 0.2) is 29.2 Å². The highest BCUT2D eigenvalue weighted by molar-refractivity contribution is 7.92. The Bertz CT molecular complexity index is 752. The van der Waals surface area contributed by atoms with E-state index < -0.39 is 14.8 Å². The minimum atomic E-state index is -4.05. The van der Waals surface area contributed by atoms with E-state index in [0.29, 0.717) is 12.8 Å². The number of hydrogen-bond acceptors (Lipinski definition) is 4. The van der Waals surface area contributed by atoms with E-state index in [4.69, 9.17) is 0 Å². The third kappa shape index (κ3) is 3.93. The second-order valence-electron chi connectivity index (χ2n) is 7.49. The molecule has 3 rings (SSSR count). The fourth-order valence-electron chi connectivity index (χ4n) is 3.83. The summed E-state index contributed by atoms with van der Waals surface area (Å²) in [6, 6.07) is 6.04. The van der Waals surface area contributed by atoms with E-state index in [1.165, 1.54) is 12.1 Å². The van der Waals surface area contributed by atoms with Gasteiger partial charge >= 0.3 is 0 Å². The fraction of sp³-hybridized carbons (Fsp3) is 0.632. The quantitative estimate of drug-likeness (QED) is 0.839. The maximum Gasteiger partial charge on any atom is 0.237 e. The summed E-state index contributed by atoms with van der Waals surface area (Å²) in [5, 5.41) is 3.90. The van der Waals surface area contributed by atoms with Crippen LogP contribution >= 0.6 is 0 Å². The maximum absolute atomic E-state index is 15.3. The van der Waals surface area contributed by atoms with Gasteiger partial charge in [-0.25, -0.2) is 12.8 Å². The number of nitrogens with one attached hydrogen (secondary N) is 2. The predicted octanol–water partition coefficient (Wildman–Crippen LogP) is 2.64. The highest BCUT2D eigenvalue weighted by Crippen LogP contribution is 2.40. The molecule has 0 radical (unpaired) electrons. The summed E-state index contributed by atoms with van der Waals surface area (Å²) in [5.41, 5.74) is 0.788. The lowest BCUT2D eigenvalue weighted by molar-refractivity contribution is -0.124. The van der Waals surface area contributed by atoms with Crippen molar-refractivity contribution in [1.29, 1.82) is 0 Å². The molecule has 1 unspecified atom stereocenters. The van der Waals surface area contributed by atoms with Crippen LogP contribution in [0, 0.1) is 6.92 Å². The van der Waals surface area contributed by atoms with Crippen LogP contribution in [-0.4, -0.2) is 38.0 Å². The van der Waals surface area contributed by atoms with Gasteiger partial charge in [0.25, 0.3) is 0 Å². The van der Waals surface area contributed by atoms with E-state index in [2.05, 4.69) is 10.6 Å². The van der Waals surface area contributed by atoms with Crippen molar-refractivity contribution in [3.63, 3.8) is 0 Å². The molecule has 0 bridgehead atoms. The number of amides is 1. The standard InChI is InChI=1S/C19H27FN2O3S/c1-14-5-4-6-16(13-14)26(24,25)19(20)10-8-15(9-11-19)22-18(23)17-7-2-3-12-21-17/h4-6,13,15,17,21H,2-3,7-12H2,1H3,(H,22,23)/t15-,17?,19+. The number of rotatable bonds is 4. The Balaban J connectivity index is 1.62. The van der Waals surface area contributed by atoms with Crippen LogP contribution in [0.3, 0.4) is 0 Å². The normalized spacial score (nSPS) is 29.9. The second-order valence-corrected chi connectivity index (χ2v) is 9.70. The number of benzene rings is 1. The molecule has 144 valence electrons. The van der Waals surface area contributed by atoms with Crippen molar-refractivity contribution in [2.45, 2.75) is 73.8 Å². The summed E-state index contributed by atoms with van der Waals surface area (Å²) in [5.74, 6) is -0.0531. The Morgan fingerprint density at radius 1 is 1.23 bits per heavy atom. The third-order valence-corrected chi connectivity index (χ3v) is 7.73. The third-order valence-electron chi connectivity index (χ3n) is 5.49. The highest BCUT2D eigenvalue weighted by Gasteiger charge is 2.48. The number of hydrogen-bond donors (Lipinski definition) is 2. The molecule has 1 saturated carbocycles. The van der Waals surface area contributed by atoms with E-state index in [-0.39, 0.29) is 35.7 Å². The van der Waals surface area contributed by atoms with Gasteiger partial charge in [-0.2, -0.15) is 0 Å². The van der Waals surface area contributed by atoms with Crippen molar-refractivity contribution in [1.82, 2.24) is 10.6 Å². The molecular formula is C19H27FN2O3S. The number of aryl methyl sites for hydroxylation is 1. The van der Waals surface area contributed by atoms with Gasteiger partial charge in [0.05, 0.1) is 10.9 Å². The molecule has 1 aliphatic carbocycles. The fourth-order valence-corrected chi connectivity index (χ4v) is 5.63. The van der Waals surface area contributed by atoms with E-state index in [1.807, 2.05) is 0 Å². The van der Waals surface area contributed by atoms with Gasteiger partial charge < -0.3 is 10.6 Å². The van der Waals surface area contributed by atoms with E-state index >= 15 is 4.39 Å². The largest absolute Gasteiger partial charge is 0.352 e. The van der Waals surface area contributed by atoms with E-state index in [9.17, 15) is 13.2 Å². The van der Waals surface area contributed by atoms with Crippen LogP contribution in [0.25, 0.3) is 0 Å². The maximum atomic E-state index is 15.3. The molecular weight excluding hydrogens is 355 g/mol. The molecule has 1 heterocycles. The molecule has 1 aromatic rings. The molecule has 7 heteroatoms. The Morgan fingerprint density at radius 2 is 1.96 bits per heavy atom. The molecule has 1 aliphatic heterocycles. The summed E-state index contributed by atoms with van der Waals surface area (Å²) in [6.07, 6.45) is 3.40. The van der Waals surface area contributed by atoms with E-state index in [1.54, 1.807) is 19.1 Å². The van der Waals surface area contributed by atoms with Gasteiger partial charge in [0.15, 0.2) is 0 Å². The zero-order chi connectivity index (χ0) is 18.8. The molecule has 0 spiro atoms. The number of carbonyl (C=O) groups excluding carboxylic acids is 1. The molecule has 1 atom stereocenters. The molecule has 2 fully saturated rings. The Morgan fingerprint density at radius 3 is 2.58 bits per heavy atom. The van der Waals surface area contributed by atoms with Crippen molar-refractivity contribution in [2.24, 2.45) is 0 Å². The van der Waals surface area contributed by atoms with Crippen LogP contribution in [-0.2, 0) is 14.6 Å². The van der Waals surface area contributed by atoms with Gasteiger partial charge in [-0.05, 0) is 69.7 Å². The molecule has 0 aromatic heterocycles. The smallest absolute Gasteiger partial charge is 0.237 e. The van der Waals surface area contributed by atoms with Crippen molar-refractivity contribution < 1.29 is 17.6 Å². The first kappa shape index (κ1) is 19.3. The molecule has 1 amide bonds. The van der Waals surface area contributed by atoms with Gasteiger partial charge in [0.1, 0.15) is 0 Å². The number of carbonyl (C=O) groups is 1. The zero-order valence-corrected chi connectivity index (χ0v) is 15.9. The average molecular weight is 383 g/mol. The van der Waals surface area contributed by atoms with Gasteiger partial charge in [-0.3, -0.25) is 4.79 Å². The van der Waals surface area contributed by atoms with Crippen molar-refractivity contribution in [3.05, 3.63) is 29.8 Å². The van der Waals surface area contributed by atoms with E-state index in [0.717, 1.165) is 31.4 Å². The SMILES string of the molecule is Cc1cccc(S(=O)(=O)[C@]2(F)CC[C@H](NC(=O)C3CCCCN3)CC2)c1. The lowest BCUT2D eigenvalue weighted by Gasteiger charge is -2.34. The highest BCUT2D eigenvalue weighted by atomic mass is 32.2. The number of alkyl halides is 1. The van der Waals surface area contributed by atoms with Crippen molar-refractivity contribution in [2.75, 3.05) is 6.54 Å². The molecule has 1 aromatic carbocycles.